The second kappa shape index (κ2) is 14.1. The Morgan fingerprint density at radius 1 is 0.894 bits per heavy atom. The number of amides is 1. The van der Waals surface area contributed by atoms with Crippen molar-refractivity contribution >= 4 is 29.1 Å². The summed E-state index contributed by atoms with van der Waals surface area (Å²) in [6, 6.07) is 11.7. The van der Waals surface area contributed by atoms with Crippen molar-refractivity contribution in [3.8, 4) is 45.4 Å². The van der Waals surface area contributed by atoms with Gasteiger partial charge in [-0.15, -0.1) is 0 Å². The van der Waals surface area contributed by atoms with Crippen LogP contribution >= 0.6 is 23.2 Å². The van der Waals surface area contributed by atoms with Gasteiger partial charge in [0.1, 0.15) is 11.4 Å². The fraction of sp³-hybridized carbons (Fsp3) is 0.382. The lowest BCUT2D eigenvalue weighted by Gasteiger charge is -2.41. The summed E-state index contributed by atoms with van der Waals surface area (Å²) in [6.45, 7) is 3.38. The third-order valence-electron chi connectivity index (χ3n) is 8.55. The molecule has 1 unspecified atom stereocenters. The molecule has 0 bridgehead atoms. The first-order chi connectivity index (χ1) is 22.7. The van der Waals surface area contributed by atoms with Gasteiger partial charge in [0.15, 0.2) is 0 Å². The zero-order valence-corrected chi connectivity index (χ0v) is 28.0. The van der Waals surface area contributed by atoms with Crippen LogP contribution < -0.4 is 25.4 Å². The van der Waals surface area contributed by atoms with Crippen LogP contribution in [0.4, 0.5) is 0 Å². The molecule has 47 heavy (non-hydrogen) atoms. The van der Waals surface area contributed by atoms with Crippen molar-refractivity contribution in [1.29, 1.82) is 0 Å². The summed E-state index contributed by atoms with van der Waals surface area (Å²) in [4.78, 5) is 30.2. The molecule has 1 amide bonds. The van der Waals surface area contributed by atoms with Gasteiger partial charge in [-0.05, 0) is 26.2 Å². The molecule has 246 valence electrons. The molecule has 4 aromatic rings. The molecular formula is C34H37Cl2N7O4. The minimum atomic E-state index is -0.610. The highest BCUT2D eigenvalue weighted by Gasteiger charge is 2.38. The summed E-state index contributed by atoms with van der Waals surface area (Å²) in [7, 11) is 3.12. The first-order valence-corrected chi connectivity index (χ1v) is 16.2. The lowest BCUT2D eigenvalue weighted by molar-refractivity contribution is -0.119. The van der Waals surface area contributed by atoms with Gasteiger partial charge in [-0.3, -0.25) is 14.8 Å². The first kappa shape index (κ1) is 33.0. The number of aliphatic hydroxyl groups is 1. The van der Waals surface area contributed by atoms with E-state index in [1.807, 2.05) is 43.3 Å². The van der Waals surface area contributed by atoms with Crippen LogP contribution in [0.2, 0.25) is 10.0 Å². The normalized spacial score (nSPS) is 20.5. The van der Waals surface area contributed by atoms with Gasteiger partial charge in [0, 0.05) is 60.4 Å². The van der Waals surface area contributed by atoms with Crippen molar-refractivity contribution < 1.29 is 19.4 Å². The lowest BCUT2D eigenvalue weighted by atomic mass is 9.77. The number of halogens is 2. The largest absolute Gasteiger partial charge is 0.480 e. The van der Waals surface area contributed by atoms with Gasteiger partial charge in [0.25, 0.3) is 0 Å². The topological polar surface area (TPSA) is 143 Å². The molecule has 2 aliphatic rings. The van der Waals surface area contributed by atoms with Crippen LogP contribution in [-0.2, 0) is 17.9 Å². The number of hydrogen-bond donors (Lipinski definition) is 4. The van der Waals surface area contributed by atoms with E-state index in [0.717, 1.165) is 17.5 Å². The Morgan fingerprint density at radius 3 is 1.91 bits per heavy atom. The summed E-state index contributed by atoms with van der Waals surface area (Å²) in [5, 5.41) is 20.6. The highest BCUT2D eigenvalue weighted by molar-refractivity contribution is 6.39. The number of carbonyl (C=O) groups excluding carboxylic acids is 1. The number of rotatable bonds is 12. The standard InChI is InChI=1S/C34H37Cl2N7O4/c1-34(45)12-20(13-34)38-18-28-33(47-3)43-26(17-40-28)24-9-5-7-22(31(24)36)21-6-4-8-23(30(21)35)25-16-39-27(32(42-25)46-2)15-37-14-19-10-11-29(44)41-19/h4-9,16-17,19-20,37-38,45H,10-15,18H2,1-3H3,(H,41,44). The van der Waals surface area contributed by atoms with Crippen LogP contribution in [0.1, 0.15) is 44.0 Å². The maximum Gasteiger partial charge on any atom is 0.237 e. The SMILES string of the molecule is COc1nc(-c2cccc(-c3cccc(-c4cnc(CNC5CC(C)(O)C5)c(OC)n4)c3Cl)c2Cl)cnc1CNCC1CCC(=O)N1. The van der Waals surface area contributed by atoms with Crippen molar-refractivity contribution in [1.82, 2.24) is 35.9 Å². The van der Waals surface area contributed by atoms with Crippen molar-refractivity contribution in [2.45, 2.75) is 63.4 Å². The second-order valence-electron chi connectivity index (χ2n) is 12.2. The Bertz CT molecular complexity index is 1780. The highest BCUT2D eigenvalue weighted by atomic mass is 35.5. The van der Waals surface area contributed by atoms with E-state index in [1.54, 1.807) is 26.6 Å². The van der Waals surface area contributed by atoms with Gasteiger partial charge in [-0.1, -0.05) is 59.6 Å². The molecule has 2 aromatic heterocycles. The fourth-order valence-corrected chi connectivity index (χ4v) is 6.73. The van der Waals surface area contributed by atoms with Gasteiger partial charge >= 0.3 is 0 Å². The molecule has 1 atom stereocenters. The predicted octanol–water partition coefficient (Wildman–Crippen LogP) is 4.96. The van der Waals surface area contributed by atoms with E-state index in [-0.39, 0.29) is 18.0 Å². The van der Waals surface area contributed by atoms with Crippen LogP contribution in [0.5, 0.6) is 11.8 Å². The van der Waals surface area contributed by atoms with E-state index in [1.165, 1.54) is 0 Å². The second-order valence-corrected chi connectivity index (χ2v) is 12.9. The minimum Gasteiger partial charge on any atom is -0.480 e. The molecule has 0 radical (unpaired) electrons. The van der Waals surface area contributed by atoms with E-state index in [9.17, 15) is 9.90 Å². The highest BCUT2D eigenvalue weighted by Crippen LogP contribution is 2.42. The van der Waals surface area contributed by atoms with Gasteiger partial charge in [0.05, 0.1) is 53.6 Å². The van der Waals surface area contributed by atoms with E-state index < -0.39 is 5.60 Å². The van der Waals surface area contributed by atoms with Crippen molar-refractivity contribution in [3.63, 3.8) is 0 Å². The summed E-state index contributed by atoms with van der Waals surface area (Å²) < 4.78 is 11.1. The van der Waals surface area contributed by atoms with E-state index >= 15 is 0 Å². The Morgan fingerprint density at radius 2 is 1.43 bits per heavy atom. The molecule has 1 aliphatic heterocycles. The van der Waals surface area contributed by atoms with Gasteiger partial charge in [-0.2, -0.15) is 0 Å². The quantitative estimate of drug-likeness (QED) is 0.162. The van der Waals surface area contributed by atoms with Gasteiger partial charge in [0.2, 0.25) is 17.7 Å². The van der Waals surface area contributed by atoms with E-state index in [0.29, 0.717) is 94.6 Å². The summed E-state index contributed by atoms with van der Waals surface area (Å²) in [5.74, 6) is 0.871. The molecule has 1 saturated carbocycles. The molecule has 1 saturated heterocycles. The monoisotopic (exact) mass is 677 g/mol. The number of methoxy groups -OCH3 is 2. The maximum absolute atomic E-state index is 11.5. The third-order valence-corrected chi connectivity index (χ3v) is 9.36. The predicted molar refractivity (Wildman–Crippen MR) is 180 cm³/mol. The molecule has 6 rings (SSSR count). The van der Waals surface area contributed by atoms with Crippen LogP contribution in [0, 0.1) is 0 Å². The van der Waals surface area contributed by atoms with Crippen molar-refractivity contribution in [3.05, 3.63) is 70.2 Å². The number of carbonyl (C=O) groups is 1. The van der Waals surface area contributed by atoms with Gasteiger partial charge in [-0.25, -0.2) is 9.97 Å². The summed E-state index contributed by atoms with van der Waals surface area (Å²) in [6.07, 6.45) is 6.11. The molecular weight excluding hydrogens is 641 g/mol. The average molecular weight is 679 g/mol. The molecule has 4 N–H and O–H groups in total. The number of aromatic nitrogens is 4. The van der Waals surface area contributed by atoms with Crippen LogP contribution in [-0.4, -0.2) is 69.4 Å². The van der Waals surface area contributed by atoms with Crippen LogP contribution in [0.3, 0.4) is 0 Å². The molecule has 2 fully saturated rings. The zero-order valence-electron chi connectivity index (χ0n) is 26.4. The summed E-state index contributed by atoms with van der Waals surface area (Å²) >= 11 is 14.1. The number of ether oxygens (including phenoxy) is 2. The number of hydrogen-bond acceptors (Lipinski definition) is 10. The third kappa shape index (κ3) is 7.34. The summed E-state index contributed by atoms with van der Waals surface area (Å²) in [5.41, 5.74) is 4.63. The Balaban J connectivity index is 1.22. The minimum absolute atomic E-state index is 0.0821. The fourth-order valence-electron chi connectivity index (χ4n) is 6.08. The maximum atomic E-state index is 11.5. The molecule has 1 aliphatic carbocycles. The smallest absolute Gasteiger partial charge is 0.237 e. The molecule has 0 spiro atoms. The molecule has 3 heterocycles. The zero-order chi connectivity index (χ0) is 33.1. The Labute approximate surface area is 283 Å². The van der Waals surface area contributed by atoms with E-state index in [2.05, 4.69) is 25.9 Å². The Kier molecular flexibility index (Phi) is 9.90. The number of nitrogens with one attached hydrogen (secondary N) is 3. The molecule has 2 aromatic carbocycles. The van der Waals surface area contributed by atoms with E-state index in [4.69, 9.17) is 42.6 Å². The Hall–Kier alpha value is -3.87. The van der Waals surface area contributed by atoms with Crippen molar-refractivity contribution in [2.24, 2.45) is 0 Å². The molecule has 11 nitrogen and oxygen atoms in total. The van der Waals surface area contributed by atoms with Crippen LogP contribution in [0.25, 0.3) is 33.6 Å². The number of benzene rings is 2. The average Bonchev–Trinajstić information content (AvgIpc) is 3.47. The van der Waals surface area contributed by atoms with Crippen molar-refractivity contribution in [2.75, 3.05) is 20.8 Å². The van der Waals surface area contributed by atoms with Gasteiger partial charge < -0.3 is 30.5 Å². The first-order valence-electron chi connectivity index (χ1n) is 15.5. The molecule has 13 heteroatoms. The lowest BCUT2D eigenvalue weighted by Crippen LogP contribution is -2.51. The number of nitrogens with zero attached hydrogens (tertiary/aromatic N) is 4. The van der Waals surface area contributed by atoms with Crippen LogP contribution in [0.15, 0.2) is 48.8 Å².